The molecule has 20 heavy (non-hydrogen) atoms. The fourth-order valence-electron chi connectivity index (χ4n) is 1.86. The molecule has 100 valence electrons. The molecule has 0 fully saturated rings. The molecular weight excluding hydrogens is 295 g/mol. The molecule has 2 aromatic heterocycles. The fraction of sp³-hybridized carbons (Fsp3) is 0.0667. The first kappa shape index (κ1) is 13.2. The summed E-state index contributed by atoms with van der Waals surface area (Å²) in [7, 11) is 0. The van der Waals surface area contributed by atoms with Gasteiger partial charge in [0.2, 0.25) is 5.88 Å². The number of ether oxygens (including phenoxy) is 1. The van der Waals surface area contributed by atoms with Gasteiger partial charge >= 0.3 is 0 Å². The van der Waals surface area contributed by atoms with E-state index in [0.717, 1.165) is 10.9 Å². The maximum atomic E-state index is 6.15. The molecule has 0 N–H and O–H groups in total. The number of pyridine rings is 2. The number of alkyl halides is 1. The highest BCUT2D eigenvalue weighted by Gasteiger charge is 2.08. The molecule has 3 rings (SSSR count). The number of hydrogen-bond donors (Lipinski definition) is 0. The van der Waals surface area contributed by atoms with Crippen LogP contribution in [-0.2, 0) is 5.88 Å². The number of aromatic nitrogens is 2. The molecule has 0 aliphatic rings. The lowest BCUT2D eigenvalue weighted by molar-refractivity contribution is 0.467. The molecule has 2 heterocycles. The zero-order chi connectivity index (χ0) is 13.9. The van der Waals surface area contributed by atoms with Crippen LogP contribution in [0.2, 0.25) is 5.02 Å². The van der Waals surface area contributed by atoms with Crippen LogP contribution in [0.5, 0.6) is 11.6 Å². The molecule has 0 aliphatic heterocycles. The third-order valence-electron chi connectivity index (χ3n) is 2.85. The van der Waals surface area contributed by atoms with Crippen molar-refractivity contribution in [2.75, 3.05) is 0 Å². The standard InChI is InChI=1S/C15H10Cl2N2O/c16-8-10-3-6-14(19-9-10)20-13-5-4-12(17)11-2-1-7-18-15(11)13/h1-7,9H,8H2. The number of halogens is 2. The van der Waals surface area contributed by atoms with Crippen molar-refractivity contribution in [3.05, 3.63) is 59.4 Å². The summed E-state index contributed by atoms with van der Waals surface area (Å²) >= 11 is 11.9. The van der Waals surface area contributed by atoms with E-state index in [9.17, 15) is 0 Å². The van der Waals surface area contributed by atoms with Gasteiger partial charge in [0, 0.05) is 29.7 Å². The van der Waals surface area contributed by atoms with Gasteiger partial charge in [0.1, 0.15) is 5.52 Å². The van der Waals surface area contributed by atoms with E-state index in [4.69, 9.17) is 27.9 Å². The molecule has 0 amide bonds. The first-order chi connectivity index (χ1) is 9.78. The van der Waals surface area contributed by atoms with E-state index in [1.807, 2.05) is 18.2 Å². The van der Waals surface area contributed by atoms with Crippen molar-refractivity contribution in [2.45, 2.75) is 5.88 Å². The summed E-state index contributed by atoms with van der Waals surface area (Å²) in [5, 5.41) is 1.50. The van der Waals surface area contributed by atoms with E-state index in [-0.39, 0.29) is 0 Å². The van der Waals surface area contributed by atoms with Gasteiger partial charge in [-0.3, -0.25) is 4.98 Å². The summed E-state index contributed by atoms with van der Waals surface area (Å²) in [4.78, 5) is 8.52. The average molecular weight is 305 g/mol. The topological polar surface area (TPSA) is 35.0 Å². The molecule has 3 aromatic rings. The highest BCUT2D eigenvalue weighted by Crippen LogP contribution is 2.32. The zero-order valence-corrected chi connectivity index (χ0v) is 11.9. The van der Waals surface area contributed by atoms with E-state index >= 15 is 0 Å². The normalized spacial score (nSPS) is 10.7. The van der Waals surface area contributed by atoms with Crippen molar-refractivity contribution in [3.8, 4) is 11.6 Å². The molecule has 0 saturated carbocycles. The molecule has 3 nitrogen and oxygen atoms in total. The van der Waals surface area contributed by atoms with Gasteiger partial charge in [-0.25, -0.2) is 4.98 Å². The summed E-state index contributed by atoms with van der Waals surface area (Å²) in [6.45, 7) is 0. The molecule has 0 spiro atoms. The Balaban J connectivity index is 2.00. The summed E-state index contributed by atoms with van der Waals surface area (Å²) in [6, 6.07) is 11.0. The average Bonchev–Trinajstić information content (AvgIpc) is 2.51. The number of fused-ring (bicyclic) bond motifs is 1. The van der Waals surface area contributed by atoms with Gasteiger partial charge in [-0.15, -0.1) is 11.6 Å². The van der Waals surface area contributed by atoms with Crippen molar-refractivity contribution in [2.24, 2.45) is 0 Å². The van der Waals surface area contributed by atoms with Gasteiger partial charge in [-0.2, -0.15) is 0 Å². The fourth-order valence-corrected chi connectivity index (χ4v) is 2.23. The Hall–Kier alpha value is -1.84. The first-order valence-electron chi connectivity index (χ1n) is 6.00. The second kappa shape index (κ2) is 5.65. The Morgan fingerprint density at radius 1 is 1.05 bits per heavy atom. The summed E-state index contributed by atoms with van der Waals surface area (Å²) < 4.78 is 5.77. The van der Waals surface area contributed by atoms with Crippen LogP contribution in [0.1, 0.15) is 5.56 Å². The molecule has 0 radical (unpaired) electrons. The van der Waals surface area contributed by atoms with Crippen LogP contribution >= 0.6 is 23.2 Å². The molecule has 0 unspecified atom stereocenters. The van der Waals surface area contributed by atoms with Crippen LogP contribution in [0.25, 0.3) is 10.9 Å². The van der Waals surface area contributed by atoms with Crippen LogP contribution in [0.3, 0.4) is 0 Å². The quantitative estimate of drug-likeness (QED) is 0.651. The van der Waals surface area contributed by atoms with Crippen molar-refractivity contribution in [1.29, 1.82) is 0 Å². The largest absolute Gasteiger partial charge is 0.437 e. The third-order valence-corrected chi connectivity index (χ3v) is 3.48. The maximum Gasteiger partial charge on any atom is 0.219 e. The van der Waals surface area contributed by atoms with Crippen LogP contribution in [0, 0.1) is 0 Å². The van der Waals surface area contributed by atoms with Crippen molar-refractivity contribution in [1.82, 2.24) is 9.97 Å². The second-order valence-corrected chi connectivity index (χ2v) is 4.86. The maximum absolute atomic E-state index is 6.15. The molecule has 0 atom stereocenters. The molecule has 0 bridgehead atoms. The van der Waals surface area contributed by atoms with E-state index in [1.165, 1.54) is 0 Å². The Morgan fingerprint density at radius 3 is 2.70 bits per heavy atom. The minimum Gasteiger partial charge on any atom is -0.437 e. The zero-order valence-electron chi connectivity index (χ0n) is 10.4. The van der Waals surface area contributed by atoms with Crippen molar-refractivity contribution in [3.63, 3.8) is 0 Å². The number of nitrogens with zero attached hydrogens (tertiary/aromatic N) is 2. The monoisotopic (exact) mass is 304 g/mol. The molecule has 0 aliphatic carbocycles. The van der Waals surface area contributed by atoms with E-state index < -0.39 is 0 Å². The Bertz CT molecular complexity index is 744. The van der Waals surface area contributed by atoms with Crippen molar-refractivity contribution >= 4 is 34.1 Å². The number of hydrogen-bond acceptors (Lipinski definition) is 3. The Labute approximate surface area is 126 Å². The molecular formula is C15H10Cl2N2O. The van der Waals surface area contributed by atoms with Gasteiger partial charge in [-0.05, 0) is 29.8 Å². The highest BCUT2D eigenvalue weighted by molar-refractivity contribution is 6.35. The minimum atomic E-state index is 0.429. The minimum absolute atomic E-state index is 0.429. The summed E-state index contributed by atoms with van der Waals surface area (Å²) in [6.07, 6.45) is 3.39. The second-order valence-electron chi connectivity index (χ2n) is 4.19. The number of rotatable bonds is 3. The molecule has 1 aromatic carbocycles. The summed E-state index contributed by atoms with van der Waals surface area (Å²) in [5.74, 6) is 1.54. The smallest absolute Gasteiger partial charge is 0.219 e. The lowest BCUT2D eigenvalue weighted by atomic mass is 10.2. The third kappa shape index (κ3) is 2.55. The van der Waals surface area contributed by atoms with Gasteiger partial charge in [0.25, 0.3) is 0 Å². The highest BCUT2D eigenvalue weighted by atomic mass is 35.5. The van der Waals surface area contributed by atoms with Gasteiger partial charge in [0.15, 0.2) is 5.75 Å². The van der Waals surface area contributed by atoms with E-state index in [1.54, 1.807) is 30.6 Å². The lowest BCUT2D eigenvalue weighted by Crippen LogP contribution is -1.91. The first-order valence-corrected chi connectivity index (χ1v) is 6.91. The van der Waals surface area contributed by atoms with Crippen LogP contribution < -0.4 is 4.74 Å². The summed E-state index contributed by atoms with van der Waals surface area (Å²) in [5.41, 5.74) is 1.65. The van der Waals surface area contributed by atoms with Crippen LogP contribution in [-0.4, -0.2) is 9.97 Å². The molecule has 0 saturated heterocycles. The lowest BCUT2D eigenvalue weighted by Gasteiger charge is -2.08. The van der Waals surface area contributed by atoms with Crippen molar-refractivity contribution < 1.29 is 4.74 Å². The Kier molecular flexibility index (Phi) is 3.72. The van der Waals surface area contributed by atoms with Gasteiger partial charge in [0.05, 0.1) is 5.02 Å². The number of benzene rings is 1. The van der Waals surface area contributed by atoms with Gasteiger partial charge in [-0.1, -0.05) is 17.7 Å². The predicted molar refractivity (Wildman–Crippen MR) is 80.6 cm³/mol. The van der Waals surface area contributed by atoms with Gasteiger partial charge < -0.3 is 4.74 Å². The predicted octanol–water partition coefficient (Wildman–Crippen LogP) is 4.81. The SMILES string of the molecule is ClCc1ccc(Oc2ccc(Cl)c3cccnc23)nc1. The van der Waals surface area contributed by atoms with E-state index in [2.05, 4.69) is 9.97 Å². The van der Waals surface area contributed by atoms with E-state index in [0.29, 0.717) is 28.0 Å². The Morgan fingerprint density at radius 2 is 1.95 bits per heavy atom. The van der Waals surface area contributed by atoms with Crippen LogP contribution in [0.15, 0.2) is 48.8 Å². The molecule has 5 heteroatoms. The van der Waals surface area contributed by atoms with Crippen LogP contribution in [0.4, 0.5) is 0 Å².